The van der Waals surface area contributed by atoms with E-state index < -0.39 is 33.2 Å². The number of thioether (sulfide) groups is 1. The molecule has 1 aliphatic rings. The van der Waals surface area contributed by atoms with E-state index in [1.54, 1.807) is 18.2 Å². The van der Waals surface area contributed by atoms with Gasteiger partial charge < -0.3 is 10.6 Å². The van der Waals surface area contributed by atoms with Gasteiger partial charge in [0, 0.05) is 28.8 Å². The Morgan fingerprint density at radius 2 is 1.74 bits per heavy atom. The Kier molecular flexibility index (Phi) is 7.57. The summed E-state index contributed by atoms with van der Waals surface area (Å²) in [5.41, 5.74) is 0.0746. The highest BCUT2D eigenvalue weighted by Crippen LogP contribution is 2.45. The standard InChI is InChI=1S/C25H32FN3O4S2/c1-24(2,3)21(23(31)27-6)28-22(30)16-7-12-20-19(15-16)29(14-13-25(4,5)34-20)35(32,33)18-10-8-17(26)9-11-18/h7-12,15,21H,13-14H2,1-6H3,(H,27,31)(H,28,30). The molecule has 35 heavy (non-hydrogen) atoms. The van der Waals surface area contributed by atoms with Gasteiger partial charge in [-0.2, -0.15) is 0 Å². The number of rotatable bonds is 5. The molecule has 0 aromatic heterocycles. The van der Waals surface area contributed by atoms with E-state index in [1.807, 2.05) is 34.6 Å². The fraction of sp³-hybridized carbons (Fsp3) is 0.440. The molecule has 0 radical (unpaired) electrons. The van der Waals surface area contributed by atoms with Crippen LogP contribution in [0.25, 0.3) is 0 Å². The van der Waals surface area contributed by atoms with Crippen LogP contribution in [0.4, 0.5) is 10.1 Å². The summed E-state index contributed by atoms with van der Waals surface area (Å²) in [7, 11) is -2.51. The third kappa shape index (κ3) is 5.98. The maximum Gasteiger partial charge on any atom is 0.264 e. The van der Waals surface area contributed by atoms with E-state index in [0.717, 1.165) is 12.1 Å². The quantitative estimate of drug-likeness (QED) is 0.615. The lowest BCUT2D eigenvalue weighted by Crippen LogP contribution is -2.52. The third-order valence-corrected chi connectivity index (χ3v) is 8.99. The smallest absolute Gasteiger partial charge is 0.264 e. The van der Waals surface area contributed by atoms with Gasteiger partial charge in [-0.15, -0.1) is 11.8 Å². The molecule has 2 N–H and O–H groups in total. The molecule has 1 aliphatic heterocycles. The third-order valence-electron chi connectivity index (χ3n) is 5.84. The fourth-order valence-corrected chi connectivity index (χ4v) is 6.53. The lowest BCUT2D eigenvalue weighted by atomic mass is 9.86. The van der Waals surface area contributed by atoms with Crippen molar-refractivity contribution in [3.05, 3.63) is 53.8 Å². The summed E-state index contributed by atoms with van der Waals surface area (Å²) in [5, 5.41) is 5.36. The van der Waals surface area contributed by atoms with Gasteiger partial charge in [0.15, 0.2) is 0 Å². The predicted octanol–water partition coefficient (Wildman–Crippen LogP) is 4.19. The molecule has 0 fully saturated rings. The van der Waals surface area contributed by atoms with E-state index >= 15 is 0 Å². The fourth-order valence-electron chi connectivity index (χ4n) is 3.80. The van der Waals surface area contributed by atoms with E-state index in [1.165, 1.54) is 35.2 Å². The number of hydrogen-bond donors (Lipinski definition) is 2. The van der Waals surface area contributed by atoms with Crippen LogP contribution in [-0.2, 0) is 14.8 Å². The normalized spacial score (nSPS) is 16.6. The van der Waals surface area contributed by atoms with Gasteiger partial charge in [-0.25, -0.2) is 12.8 Å². The van der Waals surface area contributed by atoms with Crippen LogP contribution in [0.15, 0.2) is 52.3 Å². The Labute approximate surface area is 210 Å². The zero-order valence-electron chi connectivity index (χ0n) is 20.8. The Morgan fingerprint density at radius 1 is 1.11 bits per heavy atom. The first-order valence-electron chi connectivity index (χ1n) is 11.3. The number of benzene rings is 2. The average molecular weight is 522 g/mol. The van der Waals surface area contributed by atoms with Crippen molar-refractivity contribution in [2.24, 2.45) is 5.41 Å². The van der Waals surface area contributed by atoms with Gasteiger partial charge in [0.05, 0.1) is 10.6 Å². The van der Waals surface area contributed by atoms with Crippen LogP contribution in [0.5, 0.6) is 0 Å². The van der Waals surface area contributed by atoms with Crippen molar-refractivity contribution in [2.75, 3.05) is 17.9 Å². The molecule has 7 nitrogen and oxygen atoms in total. The Hall–Kier alpha value is -2.59. The number of halogens is 1. The van der Waals surface area contributed by atoms with E-state index in [-0.39, 0.29) is 27.7 Å². The highest BCUT2D eigenvalue weighted by molar-refractivity contribution is 8.01. The summed E-state index contributed by atoms with van der Waals surface area (Å²) in [6.45, 7) is 9.81. The highest BCUT2D eigenvalue weighted by Gasteiger charge is 2.36. The van der Waals surface area contributed by atoms with Gasteiger partial charge >= 0.3 is 0 Å². The lowest BCUT2D eigenvalue weighted by molar-refractivity contribution is -0.124. The van der Waals surface area contributed by atoms with Crippen molar-refractivity contribution in [2.45, 2.75) is 61.6 Å². The number of fused-ring (bicyclic) bond motifs is 1. The van der Waals surface area contributed by atoms with Gasteiger partial charge in [-0.3, -0.25) is 13.9 Å². The molecule has 2 aromatic carbocycles. The SMILES string of the molecule is CNC(=O)C(NC(=O)c1ccc2c(c1)N(S(=O)(=O)c1ccc(F)cc1)CCC(C)(C)S2)C(C)(C)C. The first kappa shape index (κ1) is 27.0. The molecule has 0 saturated heterocycles. The number of amides is 2. The molecule has 190 valence electrons. The first-order valence-corrected chi connectivity index (χ1v) is 13.6. The van der Waals surface area contributed by atoms with Crippen LogP contribution in [0, 0.1) is 11.2 Å². The summed E-state index contributed by atoms with van der Waals surface area (Å²) in [4.78, 5) is 26.3. The van der Waals surface area contributed by atoms with Gasteiger partial charge in [-0.05, 0) is 54.3 Å². The minimum Gasteiger partial charge on any atom is -0.357 e. The molecule has 2 amide bonds. The summed E-state index contributed by atoms with van der Waals surface area (Å²) in [6.07, 6.45) is 0.567. The van der Waals surface area contributed by atoms with Crippen molar-refractivity contribution >= 4 is 39.3 Å². The van der Waals surface area contributed by atoms with E-state index in [2.05, 4.69) is 10.6 Å². The van der Waals surface area contributed by atoms with Crippen molar-refractivity contribution in [3.8, 4) is 0 Å². The molecule has 0 aliphatic carbocycles. The molecule has 1 unspecified atom stereocenters. The highest BCUT2D eigenvalue weighted by atomic mass is 32.2. The molecular formula is C25H32FN3O4S2. The topological polar surface area (TPSA) is 95.6 Å². The minimum atomic E-state index is -4.01. The monoisotopic (exact) mass is 521 g/mol. The van der Waals surface area contributed by atoms with E-state index in [0.29, 0.717) is 17.0 Å². The second-order valence-corrected chi connectivity index (χ2v) is 13.8. The van der Waals surface area contributed by atoms with E-state index in [4.69, 9.17) is 0 Å². The van der Waals surface area contributed by atoms with Crippen LogP contribution in [-0.4, -0.2) is 44.6 Å². The second kappa shape index (κ2) is 9.81. The van der Waals surface area contributed by atoms with Gasteiger partial charge in [-0.1, -0.05) is 34.6 Å². The summed E-state index contributed by atoms with van der Waals surface area (Å²) in [5.74, 6) is -1.33. The van der Waals surface area contributed by atoms with Crippen LogP contribution in [0.2, 0.25) is 0 Å². The number of likely N-dealkylation sites (N-methyl/N-ethyl adjacent to an activating group) is 1. The van der Waals surface area contributed by atoms with Crippen molar-refractivity contribution < 1.29 is 22.4 Å². The molecular weight excluding hydrogens is 489 g/mol. The summed E-state index contributed by atoms with van der Waals surface area (Å²) in [6, 6.07) is 8.83. The van der Waals surface area contributed by atoms with Crippen molar-refractivity contribution in [1.82, 2.24) is 10.6 Å². The number of carbonyl (C=O) groups excluding carboxylic acids is 2. The maximum absolute atomic E-state index is 13.6. The van der Waals surface area contributed by atoms with Gasteiger partial charge in [0.1, 0.15) is 11.9 Å². The Balaban J connectivity index is 2.06. The Morgan fingerprint density at radius 3 is 2.31 bits per heavy atom. The van der Waals surface area contributed by atoms with Crippen LogP contribution in [0.3, 0.4) is 0 Å². The number of nitrogens with one attached hydrogen (secondary N) is 2. The number of anilines is 1. The number of hydrogen-bond acceptors (Lipinski definition) is 5. The second-order valence-electron chi connectivity index (χ2n) is 10.2. The van der Waals surface area contributed by atoms with Crippen LogP contribution in [0.1, 0.15) is 51.4 Å². The first-order chi connectivity index (χ1) is 16.2. The van der Waals surface area contributed by atoms with Crippen LogP contribution >= 0.6 is 11.8 Å². The van der Waals surface area contributed by atoms with Crippen LogP contribution < -0.4 is 14.9 Å². The molecule has 1 heterocycles. The largest absolute Gasteiger partial charge is 0.357 e. The number of nitrogens with zero attached hydrogens (tertiary/aromatic N) is 1. The molecule has 3 rings (SSSR count). The summed E-state index contributed by atoms with van der Waals surface area (Å²) >= 11 is 1.54. The van der Waals surface area contributed by atoms with Gasteiger partial charge in [0.25, 0.3) is 15.9 Å². The van der Waals surface area contributed by atoms with E-state index in [9.17, 15) is 22.4 Å². The van der Waals surface area contributed by atoms with Crippen molar-refractivity contribution in [1.29, 1.82) is 0 Å². The van der Waals surface area contributed by atoms with Gasteiger partial charge in [0.2, 0.25) is 5.91 Å². The molecule has 1 atom stereocenters. The Bertz CT molecular complexity index is 1220. The zero-order chi connectivity index (χ0) is 26.2. The van der Waals surface area contributed by atoms with Crippen molar-refractivity contribution in [3.63, 3.8) is 0 Å². The minimum absolute atomic E-state index is 0.0307. The summed E-state index contributed by atoms with van der Waals surface area (Å²) < 4.78 is 41.7. The predicted molar refractivity (Wildman–Crippen MR) is 137 cm³/mol. The number of sulfonamides is 1. The molecule has 0 spiro atoms. The lowest BCUT2D eigenvalue weighted by Gasteiger charge is -2.30. The zero-order valence-corrected chi connectivity index (χ0v) is 22.4. The maximum atomic E-state index is 13.6. The molecule has 2 aromatic rings. The molecule has 0 bridgehead atoms. The number of carbonyl (C=O) groups is 2. The molecule has 10 heteroatoms. The average Bonchev–Trinajstić information content (AvgIpc) is 2.90. The molecule has 0 saturated carbocycles.